The molecule has 6 rings (SSSR count). The number of carbonyl (C=O) groups excluding carboxylic acids is 3. The number of hydrogen-bond acceptors (Lipinski definition) is 4. The zero-order valence-electron chi connectivity index (χ0n) is 22.5. The van der Waals surface area contributed by atoms with Crippen LogP contribution in [0.5, 0.6) is 0 Å². The maximum absolute atomic E-state index is 14.2. The molecule has 3 heterocycles. The van der Waals surface area contributed by atoms with Crippen LogP contribution in [0.15, 0.2) is 60.7 Å². The molecule has 40 heavy (non-hydrogen) atoms. The van der Waals surface area contributed by atoms with E-state index in [9.17, 15) is 14.4 Å². The van der Waals surface area contributed by atoms with Crippen LogP contribution in [0.3, 0.4) is 0 Å². The summed E-state index contributed by atoms with van der Waals surface area (Å²) in [7, 11) is 0. The Labute approximate surface area is 244 Å². The van der Waals surface area contributed by atoms with Crippen molar-refractivity contribution in [3.8, 4) is 0 Å². The Hall–Kier alpha value is -2.87. The normalized spacial score (nSPS) is 34.1. The molecule has 8 atom stereocenters. The van der Waals surface area contributed by atoms with Crippen molar-refractivity contribution in [2.75, 3.05) is 5.32 Å². The summed E-state index contributed by atoms with van der Waals surface area (Å²) < 4.78 is 6.46. The van der Waals surface area contributed by atoms with Gasteiger partial charge in [0.25, 0.3) is 0 Å². The summed E-state index contributed by atoms with van der Waals surface area (Å²) in [4.78, 5) is 43.5. The van der Waals surface area contributed by atoms with Gasteiger partial charge in [-0.05, 0) is 54.2 Å². The summed E-state index contributed by atoms with van der Waals surface area (Å²) in [5.41, 5.74) is 0.0637. The maximum atomic E-state index is 14.2. The van der Waals surface area contributed by atoms with Crippen molar-refractivity contribution >= 4 is 46.6 Å². The van der Waals surface area contributed by atoms with Gasteiger partial charge in [0.05, 0.1) is 17.9 Å². The third kappa shape index (κ3) is 4.52. The van der Waals surface area contributed by atoms with Crippen LogP contribution >= 0.6 is 23.2 Å². The third-order valence-corrected chi connectivity index (χ3v) is 9.99. The maximum Gasteiger partial charge on any atom is 0.246 e. The number of anilines is 1. The van der Waals surface area contributed by atoms with Gasteiger partial charge in [-0.2, -0.15) is 0 Å². The zero-order chi connectivity index (χ0) is 28.2. The molecular weight excluding hydrogens is 549 g/mol. The van der Waals surface area contributed by atoms with Crippen molar-refractivity contribution < 1.29 is 19.1 Å². The summed E-state index contributed by atoms with van der Waals surface area (Å²) in [5, 5.41) is 7.26. The van der Waals surface area contributed by atoms with Crippen molar-refractivity contribution in [3.63, 3.8) is 0 Å². The molecule has 1 aliphatic carbocycles. The fourth-order valence-corrected chi connectivity index (χ4v) is 7.38. The Bertz CT molecular complexity index is 1360. The predicted octanol–water partition coefficient (Wildman–Crippen LogP) is 5.22. The molecule has 0 aromatic heterocycles. The van der Waals surface area contributed by atoms with Crippen LogP contribution in [-0.4, -0.2) is 46.4 Å². The van der Waals surface area contributed by atoms with E-state index in [2.05, 4.69) is 24.5 Å². The number of halogens is 2. The van der Waals surface area contributed by atoms with Gasteiger partial charge in [-0.25, -0.2) is 0 Å². The Kier molecular flexibility index (Phi) is 7.18. The van der Waals surface area contributed by atoms with Gasteiger partial charge in [0.1, 0.15) is 11.6 Å². The lowest BCUT2D eigenvalue weighted by atomic mass is 9.73. The van der Waals surface area contributed by atoms with Crippen molar-refractivity contribution in [1.29, 1.82) is 0 Å². The van der Waals surface area contributed by atoms with E-state index in [4.69, 9.17) is 27.9 Å². The van der Waals surface area contributed by atoms with Gasteiger partial charge in [0.2, 0.25) is 17.7 Å². The highest BCUT2D eigenvalue weighted by Gasteiger charge is 2.72. The SMILES string of the molecule is CC1CCCC(NC(=O)C2N(Cc3ccccc3Cl)C(=O)C3C(C(=O)Nc4ccc(Cl)cc4)C4C=CC32O4)C1C. The van der Waals surface area contributed by atoms with Crippen LogP contribution in [0, 0.1) is 23.7 Å². The Balaban J connectivity index is 1.33. The number of rotatable bonds is 6. The molecule has 4 aliphatic rings. The van der Waals surface area contributed by atoms with Crippen LogP contribution in [0.2, 0.25) is 10.0 Å². The van der Waals surface area contributed by atoms with Crippen molar-refractivity contribution in [2.24, 2.45) is 23.7 Å². The molecule has 2 aromatic rings. The van der Waals surface area contributed by atoms with E-state index in [1.54, 1.807) is 35.2 Å². The lowest BCUT2D eigenvalue weighted by molar-refractivity contribution is -0.142. The second-order valence-corrected chi connectivity index (χ2v) is 12.5. The largest absolute Gasteiger partial charge is 0.359 e. The van der Waals surface area contributed by atoms with E-state index >= 15 is 0 Å². The van der Waals surface area contributed by atoms with Crippen molar-refractivity contribution in [3.05, 3.63) is 76.3 Å². The summed E-state index contributed by atoms with van der Waals surface area (Å²) in [5.74, 6) is -1.68. The second-order valence-electron chi connectivity index (χ2n) is 11.6. The Morgan fingerprint density at radius 3 is 2.55 bits per heavy atom. The Morgan fingerprint density at radius 1 is 1.05 bits per heavy atom. The first kappa shape index (κ1) is 27.3. The van der Waals surface area contributed by atoms with Crippen LogP contribution in [0.1, 0.15) is 38.7 Å². The van der Waals surface area contributed by atoms with Crippen LogP contribution in [-0.2, 0) is 25.7 Å². The molecule has 2 aromatic carbocycles. The van der Waals surface area contributed by atoms with Crippen LogP contribution in [0.4, 0.5) is 5.69 Å². The van der Waals surface area contributed by atoms with Gasteiger partial charge in [0, 0.05) is 28.3 Å². The van der Waals surface area contributed by atoms with Gasteiger partial charge in [-0.3, -0.25) is 14.4 Å². The first-order valence-corrected chi connectivity index (χ1v) is 14.7. The number of benzene rings is 2. The second kappa shape index (κ2) is 10.5. The van der Waals surface area contributed by atoms with E-state index < -0.39 is 29.6 Å². The smallest absolute Gasteiger partial charge is 0.246 e. The number of amides is 3. The topological polar surface area (TPSA) is 87.7 Å². The number of nitrogens with zero attached hydrogens (tertiary/aromatic N) is 1. The standard InChI is InChI=1S/C31H33Cl2N3O4/c1-17-6-5-9-23(18(17)2)35-29(38)27-31-15-14-24(40-31)25(28(37)34-21-12-10-20(32)11-13-21)26(31)30(39)36(27)16-19-7-3-4-8-22(19)33/h3-4,7-8,10-15,17-18,23-27H,5-6,9,16H2,1-2H3,(H,34,37)(H,35,38). The monoisotopic (exact) mass is 581 g/mol. The summed E-state index contributed by atoms with van der Waals surface area (Å²) in [6.45, 7) is 4.53. The van der Waals surface area contributed by atoms with Crippen molar-refractivity contribution in [2.45, 2.75) is 63.4 Å². The highest BCUT2D eigenvalue weighted by molar-refractivity contribution is 6.31. The minimum Gasteiger partial charge on any atom is -0.359 e. The van der Waals surface area contributed by atoms with Gasteiger partial charge >= 0.3 is 0 Å². The molecule has 7 nitrogen and oxygen atoms in total. The molecule has 3 fully saturated rings. The highest BCUT2D eigenvalue weighted by Crippen LogP contribution is 2.55. The van der Waals surface area contributed by atoms with Gasteiger partial charge in [-0.1, -0.05) is 80.2 Å². The lowest BCUT2D eigenvalue weighted by Gasteiger charge is -2.38. The molecule has 3 aliphatic heterocycles. The molecule has 1 spiro atoms. The molecule has 8 unspecified atom stereocenters. The molecule has 210 valence electrons. The Morgan fingerprint density at radius 2 is 1.80 bits per heavy atom. The fraction of sp³-hybridized carbons (Fsp3) is 0.452. The summed E-state index contributed by atoms with van der Waals surface area (Å²) in [6.07, 6.45) is 6.12. The first-order valence-electron chi connectivity index (χ1n) is 14.0. The van der Waals surface area contributed by atoms with Crippen LogP contribution in [0.25, 0.3) is 0 Å². The first-order chi connectivity index (χ1) is 19.2. The molecule has 2 bridgehead atoms. The average molecular weight is 583 g/mol. The molecule has 2 N–H and O–H groups in total. The fourth-order valence-electron chi connectivity index (χ4n) is 7.05. The number of hydrogen-bond donors (Lipinski definition) is 2. The van der Waals surface area contributed by atoms with E-state index in [1.165, 1.54) is 0 Å². The van der Waals surface area contributed by atoms with Gasteiger partial charge < -0.3 is 20.3 Å². The van der Waals surface area contributed by atoms with Crippen molar-refractivity contribution in [1.82, 2.24) is 10.2 Å². The summed E-state index contributed by atoms with van der Waals surface area (Å²) >= 11 is 12.5. The molecule has 1 saturated carbocycles. The number of ether oxygens (including phenoxy) is 1. The average Bonchev–Trinajstić information content (AvgIpc) is 3.57. The van der Waals surface area contributed by atoms with E-state index in [0.717, 1.165) is 24.8 Å². The highest BCUT2D eigenvalue weighted by atomic mass is 35.5. The minimum absolute atomic E-state index is 0.00977. The number of nitrogens with one attached hydrogen (secondary N) is 2. The third-order valence-electron chi connectivity index (χ3n) is 9.37. The number of fused-ring (bicyclic) bond motifs is 1. The molecule has 9 heteroatoms. The quantitative estimate of drug-likeness (QED) is 0.457. The van der Waals surface area contributed by atoms with Crippen LogP contribution < -0.4 is 10.6 Å². The van der Waals surface area contributed by atoms with E-state index in [-0.39, 0.29) is 30.3 Å². The van der Waals surface area contributed by atoms with Gasteiger partial charge in [0.15, 0.2) is 0 Å². The minimum atomic E-state index is -1.24. The lowest BCUT2D eigenvalue weighted by Crippen LogP contribution is -2.57. The van der Waals surface area contributed by atoms with Gasteiger partial charge in [-0.15, -0.1) is 0 Å². The molecular formula is C31H33Cl2N3O4. The number of carbonyl (C=O) groups is 3. The van der Waals surface area contributed by atoms with E-state index in [0.29, 0.717) is 27.6 Å². The molecule has 3 amide bonds. The van der Waals surface area contributed by atoms with E-state index in [1.807, 2.05) is 30.4 Å². The molecule has 0 radical (unpaired) electrons. The molecule has 2 saturated heterocycles. The zero-order valence-corrected chi connectivity index (χ0v) is 24.0. The summed E-state index contributed by atoms with van der Waals surface area (Å²) in [6, 6.07) is 13.2. The predicted molar refractivity (Wildman–Crippen MR) is 154 cm³/mol. The number of likely N-dealkylation sites (tertiary alicyclic amines) is 1.